The van der Waals surface area contributed by atoms with E-state index in [1.165, 1.54) is 55.7 Å². The number of alkyl halides is 1. The van der Waals surface area contributed by atoms with Gasteiger partial charge in [-0.1, -0.05) is 67.1 Å². The van der Waals surface area contributed by atoms with Crippen LogP contribution in [0.5, 0.6) is 11.5 Å². The van der Waals surface area contributed by atoms with E-state index in [1.54, 1.807) is 0 Å². The fourth-order valence-corrected chi connectivity index (χ4v) is 3.41. The molecule has 0 aliphatic carbocycles. The van der Waals surface area contributed by atoms with E-state index in [4.69, 9.17) is 9.47 Å². The van der Waals surface area contributed by atoms with E-state index in [0.717, 1.165) is 42.9 Å². The molecular formula is C23H33BrO2. The van der Waals surface area contributed by atoms with Gasteiger partial charge in [0.25, 0.3) is 0 Å². The van der Waals surface area contributed by atoms with E-state index in [2.05, 4.69) is 59.3 Å². The minimum absolute atomic E-state index is 0.790. The predicted molar refractivity (Wildman–Crippen MR) is 116 cm³/mol. The number of rotatable bonds is 14. The van der Waals surface area contributed by atoms with Crippen LogP contribution < -0.4 is 9.47 Å². The van der Waals surface area contributed by atoms with Crippen molar-refractivity contribution in [2.45, 2.75) is 64.7 Å². The summed E-state index contributed by atoms with van der Waals surface area (Å²) in [6.07, 6.45) is 11.3. The van der Waals surface area contributed by atoms with Gasteiger partial charge in [0.05, 0.1) is 13.2 Å². The van der Waals surface area contributed by atoms with E-state index in [1.807, 2.05) is 0 Å². The zero-order chi connectivity index (χ0) is 18.5. The minimum Gasteiger partial charge on any atom is -0.494 e. The summed E-state index contributed by atoms with van der Waals surface area (Å²) in [5, 5.41) is 3.48. The summed E-state index contributed by atoms with van der Waals surface area (Å²) < 4.78 is 11.8. The summed E-state index contributed by atoms with van der Waals surface area (Å²) in [5.41, 5.74) is 0. The predicted octanol–water partition coefficient (Wildman–Crippen LogP) is 7.52. The summed E-state index contributed by atoms with van der Waals surface area (Å²) in [7, 11) is 0. The van der Waals surface area contributed by atoms with Gasteiger partial charge in [-0.05, 0) is 60.7 Å². The Morgan fingerprint density at radius 2 is 1.15 bits per heavy atom. The van der Waals surface area contributed by atoms with E-state index in [0.29, 0.717) is 0 Å². The molecule has 0 spiro atoms. The van der Waals surface area contributed by atoms with Crippen LogP contribution in [0, 0.1) is 0 Å². The third kappa shape index (κ3) is 7.99. The Morgan fingerprint density at radius 1 is 0.654 bits per heavy atom. The van der Waals surface area contributed by atoms with Gasteiger partial charge in [0, 0.05) is 5.33 Å². The van der Waals surface area contributed by atoms with Gasteiger partial charge in [0.2, 0.25) is 0 Å². The number of unbranched alkanes of at least 4 members (excludes halogenated alkanes) is 7. The van der Waals surface area contributed by atoms with Crippen LogP contribution in [0.3, 0.4) is 0 Å². The Labute approximate surface area is 167 Å². The third-order valence-corrected chi connectivity index (χ3v) is 5.16. The highest BCUT2D eigenvalue weighted by atomic mass is 79.9. The second kappa shape index (κ2) is 13.0. The first kappa shape index (κ1) is 21.1. The van der Waals surface area contributed by atoms with Gasteiger partial charge in [-0.2, -0.15) is 0 Å². The summed E-state index contributed by atoms with van der Waals surface area (Å²) in [5.74, 6) is 1.92. The topological polar surface area (TPSA) is 18.5 Å². The van der Waals surface area contributed by atoms with Crippen molar-refractivity contribution < 1.29 is 9.47 Å². The summed E-state index contributed by atoms with van der Waals surface area (Å²) >= 11 is 3.46. The average Bonchev–Trinajstić information content (AvgIpc) is 2.67. The molecule has 0 N–H and O–H groups in total. The Kier molecular flexibility index (Phi) is 10.6. The summed E-state index contributed by atoms with van der Waals surface area (Å²) in [6.45, 7) is 3.86. The highest BCUT2D eigenvalue weighted by Crippen LogP contribution is 2.25. The Balaban J connectivity index is 1.75. The Bertz CT molecular complexity index is 627. The molecule has 0 fully saturated rings. The van der Waals surface area contributed by atoms with Crippen LogP contribution in [-0.2, 0) is 0 Å². The first-order chi connectivity index (χ1) is 12.8. The molecule has 0 aliphatic heterocycles. The lowest BCUT2D eigenvalue weighted by molar-refractivity contribution is 0.304. The van der Waals surface area contributed by atoms with Crippen LogP contribution >= 0.6 is 15.9 Å². The number of ether oxygens (including phenoxy) is 2. The molecule has 0 saturated heterocycles. The van der Waals surface area contributed by atoms with E-state index in [-0.39, 0.29) is 0 Å². The molecule has 0 radical (unpaired) electrons. The van der Waals surface area contributed by atoms with Gasteiger partial charge < -0.3 is 9.47 Å². The first-order valence-corrected chi connectivity index (χ1v) is 11.3. The van der Waals surface area contributed by atoms with Crippen molar-refractivity contribution in [2.75, 3.05) is 18.5 Å². The molecule has 0 saturated carbocycles. The average molecular weight is 421 g/mol. The number of benzene rings is 2. The molecule has 0 bridgehead atoms. The molecule has 0 unspecified atom stereocenters. The van der Waals surface area contributed by atoms with E-state index >= 15 is 0 Å². The summed E-state index contributed by atoms with van der Waals surface area (Å²) in [6, 6.07) is 12.6. The zero-order valence-corrected chi connectivity index (χ0v) is 17.7. The monoisotopic (exact) mass is 420 g/mol. The third-order valence-electron chi connectivity index (χ3n) is 4.60. The van der Waals surface area contributed by atoms with Crippen molar-refractivity contribution >= 4 is 26.7 Å². The molecule has 3 heteroatoms. The SMILES string of the molecule is CCCCCCCCOc1ccc2cc(OCCCCCBr)ccc2c1. The number of hydrogen-bond acceptors (Lipinski definition) is 2. The smallest absolute Gasteiger partial charge is 0.119 e. The molecule has 0 amide bonds. The van der Waals surface area contributed by atoms with Crippen LogP contribution in [0.4, 0.5) is 0 Å². The molecular weight excluding hydrogens is 388 g/mol. The minimum atomic E-state index is 0.790. The van der Waals surface area contributed by atoms with Crippen LogP contribution in [0.2, 0.25) is 0 Å². The van der Waals surface area contributed by atoms with Crippen molar-refractivity contribution in [3.05, 3.63) is 36.4 Å². The largest absolute Gasteiger partial charge is 0.494 e. The van der Waals surface area contributed by atoms with Crippen molar-refractivity contribution in [1.29, 1.82) is 0 Å². The standard InChI is InChI=1S/C23H33BrO2/c1-2-3-4-5-6-9-16-25-22-13-11-21-19-23(14-12-20(21)18-22)26-17-10-7-8-15-24/h11-14,18-19H,2-10,15-17H2,1H3. The van der Waals surface area contributed by atoms with Crippen LogP contribution in [0.1, 0.15) is 64.7 Å². The molecule has 2 aromatic carbocycles. The van der Waals surface area contributed by atoms with Crippen molar-refractivity contribution in [3.63, 3.8) is 0 Å². The Hall–Kier alpha value is -1.22. The van der Waals surface area contributed by atoms with Gasteiger partial charge in [-0.15, -0.1) is 0 Å². The maximum Gasteiger partial charge on any atom is 0.119 e. The normalized spacial score (nSPS) is 11.0. The second-order valence-electron chi connectivity index (χ2n) is 6.89. The molecule has 144 valence electrons. The molecule has 2 aromatic rings. The molecule has 26 heavy (non-hydrogen) atoms. The molecule has 0 heterocycles. The Morgan fingerprint density at radius 3 is 1.69 bits per heavy atom. The van der Waals surface area contributed by atoms with Gasteiger partial charge in [0.1, 0.15) is 11.5 Å². The van der Waals surface area contributed by atoms with E-state index < -0.39 is 0 Å². The lowest BCUT2D eigenvalue weighted by atomic mass is 10.1. The highest BCUT2D eigenvalue weighted by Gasteiger charge is 2.01. The second-order valence-corrected chi connectivity index (χ2v) is 7.68. The fraction of sp³-hybridized carbons (Fsp3) is 0.565. The van der Waals surface area contributed by atoms with Crippen molar-refractivity contribution in [2.24, 2.45) is 0 Å². The lowest BCUT2D eigenvalue weighted by Crippen LogP contribution is -1.98. The highest BCUT2D eigenvalue weighted by molar-refractivity contribution is 9.09. The van der Waals surface area contributed by atoms with Gasteiger partial charge in [0.15, 0.2) is 0 Å². The molecule has 0 aromatic heterocycles. The number of hydrogen-bond donors (Lipinski definition) is 0. The molecule has 2 rings (SSSR count). The van der Waals surface area contributed by atoms with E-state index in [9.17, 15) is 0 Å². The van der Waals surface area contributed by atoms with Gasteiger partial charge in [-0.25, -0.2) is 0 Å². The number of fused-ring (bicyclic) bond motifs is 1. The van der Waals surface area contributed by atoms with Crippen LogP contribution in [0.15, 0.2) is 36.4 Å². The van der Waals surface area contributed by atoms with Crippen molar-refractivity contribution in [1.82, 2.24) is 0 Å². The first-order valence-electron chi connectivity index (χ1n) is 10.2. The molecule has 2 nitrogen and oxygen atoms in total. The zero-order valence-electron chi connectivity index (χ0n) is 16.1. The summed E-state index contributed by atoms with van der Waals surface area (Å²) in [4.78, 5) is 0. The molecule has 0 aliphatic rings. The molecule has 0 atom stereocenters. The quantitative estimate of drug-likeness (QED) is 0.232. The fourth-order valence-electron chi connectivity index (χ4n) is 3.02. The number of halogens is 1. The lowest BCUT2D eigenvalue weighted by Gasteiger charge is -2.09. The van der Waals surface area contributed by atoms with Crippen LogP contribution in [0.25, 0.3) is 10.8 Å². The van der Waals surface area contributed by atoms with Gasteiger partial charge in [-0.3, -0.25) is 0 Å². The van der Waals surface area contributed by atoms with Gasteiger partial charge >= 0.3 is 0 Å². The van der Waals surface area contributed by atoms with Crippen molar-refractivity contribution in [3.8, 4) is 11.5 Å². The van der Waals surface area contributed by atoms with Crippen LogP contribution in [-0.4, -0.2) is 18.5 Å². The maximum atomic E-state index is 5.92. The maximum absolute atomic E-state index is 5.92.